The molecule has 1 fully saturated rings. The summed E-state index contributed by atoms with van der Waals surface area (Å²) in [5.74, 6) is -0.184. The summed E-state index contributed by atoms with van der Waals surface area (Å²) in [7, 11) is 0. The van der Waals surface area contributed by atoms with Gasteiger partial charge in [0.25, 0.3) is 0 Å². The van der Waals surface area contributed by atoms with Gasteiger partial charge in [0, 0.05) is 18.4 Å². The van der Waals surface area contributed by atoms with E-state index in [-0.39, 0.29) is 11.9 Å². The average Bonchev–Trinajstić information content (AvgIpc) is 3.28. The van der Waals surface area contributed by atoms with Gasteiger partial charge in [0.2, 0.25) is 5.91 Å². The molecule has 1 aromatic heterocycles. The predicted octanol–water partition coefficient (Wildman–Crippen LogP) is 5.62. The highest BCUT2D eigenvalue weighted by molar-refractivity contribution is 5.86. The molecule has 4 rings (SSSR count). The van der Waals surface area contributed by atoms with Gasteiger partial charge in [-0.3, -0.25) is 9.78 Å². The second-order valence-corrected chi connectivity index (χ2v) is 7.51. The van der Waals surface area contributed by atoms with Crippen LogP contribution in [0.4, 0.5) is 18.9 Å². The van der Waals surface area contributed by atoms with E-state index in [9.17, 15) is 18.0 Å². The summed E-state index contributed by atoms with van der Waals surface area (Å²) in [6.07, 6.45) is -1.08. The number of anilines is 1. The quantitative estimate of drug-likeness (QED) is 0.577. The number of halogens is 3. The van der Waals surface area contributed by atoms with Gasteiger partial charge in [-0.25, -0.2) is 0 Å². The molecule has 2 unspecified atom stereocenters. The van der Waals surface area contributed by atoms with E-state index in [4.69, 9.17) is 0 Å². The number of carbonyl (C=O) groups is 1. The van der Waals surface area contributed by atoms with Crippen LogP contribution in [0.5, 0.6) is 0 Å². The molecule has 0 saturated carbocycles. The summed E-state index contributed by atoms with van der Waals surface area (Å²) < 4.78 is 39.0. The lowest BCUT2D eigenvalue weighted by Gasteiger charge is -2.30. The fourth-order valence-corrected chi connectivity index (χ4v) is 3.93. The lowest BCUT2D eigenvalue weighted by atomic mass is 10.0. The minimum atomic E-state index is -4.43. The maximum atomic E-state index is 13.6. The van der Waals surface area contributed by atoms with Crippen LogP contribution in [0.1, 0.15) is 41.7 Å². The Morgan fingerprint density at radius 3 is 2.35 bits per heavy atom. The summed E-state index contributed by atoms with van der Waals surface area (Å²) in [6.45, 7) is 0.577. The average molecular weight is 425 g/mol. The van der Waals surface area contributed by atoms with Gasteiger partial charge in [0.1, 0.15) is 6.04 Å². The summed E-state index contributed by atoms with van der Waals surface area (Å²) in [5, 5.41) is 3.21. The first-order valence-electron chi connectivity index (χ1n) is 10.1. The molecule has 0 radical (unpaired) electrons. The number of likely N-dealkylation sites (tertiary alicyclic amines) is 1. The number of rotatable bonds is 5. The molecular formula is C24H22F3N3O. The van der Waals surface area contributed by atoms with E-state index in [1.807, 2.05) is 48.5 Å². The lowest BCUT2D eigenvalue weighted by molar-refractivity contribution is -0.137. The van der Waals surface area contributed by atoms with Crippen molar-refractivity contribution in [3.8, 4) is 0 Å². The first-order valence-corrected chi connectivity index (χ1v) is 10.1. The number of benzene rings is 2. The molecule has 1 N–H and O–H groups in total. The third kappa shape index (κ3) is 4.71. The Balaban J connectivity index is 1.66. The third-order valence-electron chi connectivity index (χ3n) is 5.47. The zero-order valence-corrected chi connectivity index (χ0v) is 16.7. The van der Waals surface area contributed by atoms with Crippen LogP contribution in [0.2, 0.25) is 0 Å². The van der Waals surface area contributed by atoms with Crippen molar-refractivity contribution < 1.29 is 18.0 Å². The molecule has 2 atom stereocenters. The second kappa shape index (κ2) is 8.79. The first-order chi connectivity index (χ1) is 14.9. The van der Waals surface area contributed by atoms with Crippen molar-refractivity contribution in [1.82, 2.24) is 9.88 Å². The van der Waals surface area contributed by atoms with Crippen LogP contribution >= 0.6 is 0 Å². The number of hydrogen-bond donors (Lipinski definition) is 1. The molecule has 160 valence electrons. The number of carbonyl (C=O) groups excluding carboxylic acids is 1. The Labute approximate surface area is 178 Å². The second-order valence-electron chi connectivity index (χ2n) is 7.51. The summed E-state index contributed by atoms with van der Waals surface area (Å²) in [6, 6.07) is 18.6. The molecule has 0 spiro atoms. The van der Waals surface area contributed by atoms with E-state index in [2.05, 4.69) is 10.3 Å². The van der Waals surface area contributed by atoms with E-state index in [0.29, 0.717) is 17.8 Å². The summed E-state index contributed by atoms with van der Waals surface area (Å²) in [5.41, 5.74) is 1.27. The molecule has 1 aliphatic heterocycles. The number of amides is 1. The van der Waals surface area contributed by atoms with Gasteiger partial charge in [-0.15, -0.1) is 0 Å². The molecular weight excluding hydrogens is 403 g/mol. The van der Waals surface area contributed by atoms with Gasteiger partial charge in [-0.05, 0) is 54.8 Å². The smallest absolute Gasteiger partial charge is 0.370 e. The topological polar surface area (TPSA) is 45.2 Å². The molecule has 7 heteroatoms. The Morgan fingerprint density at radius 2 is 1.71 bits per heavy atom. The molecule has 0 aliphatic carbocycles. The Bertz CT molecular complexity index is 1010. The molecule has 2 aromatic carbocycles. The molecule has 2 heterocycles. The highest BCUT2D eigenvalue weighted by Crippen LogP contribution is 2.35. The van der Waals surface area contributed by atoms with E-state index >= 15 is 0 Å². The van der Waals surface area contributed by atoms with Crippen LogP contribution < -0.4 is 5.32 Å². The molecule has 3 aromatic rings. The van der Waals surface area contributed by atoms with Crippen LogP contribution in [-0.4, -0.2) is 22.3 Å². The number of nitrogens with one attached hydrogen (secondary N) is 1. The fraction of sp³-hybridized carbons (Fsp3) is 0.250. The Morgan fingerprint density at radius 1 is 1.00 bits per heavy atom. The standard InChI is InChI=1S/C24H22F3N3O/c25-24(26,27)18-13-11-17(12-14-18)22(29-19-7-2-1-3-8-19)23(31)30-16-6-10-21(30)20-9-4-5-15-28-20/h1-5,7-9,11-15,21-22,29H,6,10,16H2. The van der Waals surface area contributed by atoms with Gasteiger partial charge in [-0.2, -0.15) is 13.2 Å². The summed E-state index contributed by atoms with van der Waals surface area (Å²) >= 11 is 0. The minimum absolute atomic E-state index is 0.150. The van der Waals surface area contributed by atoms with Crippen molar-refractivity contribution in [1.29, 1.82) is 0 Å². The van der Waals surface area contributed by atoms with Gasteiger partial charge in [-0.1, -0.05) is 36.4 Å². The monoisotopic (exact) mass is 425 g/mol. The summed E-state index contributed by atoms with van der Waals surface area (Å²) in [4.78, 5) is 19.8. The minimum Gasteiger partial charge on any atom is -0.370 e. The number of aromatic nitrogens is 1. The molecule has 31 heavy (non-hydrogen) atoms. The zero-order valence-electron chi connectivity index (χ0n) is 16.7. The number of nitrogens with zero attached hydrogens (tertiary/aromatic N) is 2. The third-order valence-corrected chi connectivity index (χ3v) is 5.47. The SMILES string of the molecule is O=C(C(Nc1ccccc1)c1ccc(C(F)(F)F)cc1)N1CCCC1c1ccccn1. The maximum Gasteiger partial charge on any atom is 0.416 e. The van der Waals surface area contributed by atoms with Crippen molar-refractivity contribution in [3.05, 3.63) is 95.8 Å². The van der Waals surface area contributed by atoms with Gasteiger partial charge < -0.3 is 10.2 Å². The number of pyridine rings is 1. The highest BCUT2D eigenvalue weighted by atomic mass is 19.4. The Kier molecular flexibility index (Phi) is 5.93. The van der Waals surface area contributed by atoms with Crippen LogP contribution in [0, 0.1) is 0 Å². The van der Waals surface area contributed by atoms with Crippen molar-refractivity contribution in [2.45, 2.75) is 31.1 Å². The van der Waals surface area contributed by atoms with Gasteiger partial charge in [0.05, 0.1) is 17.3 Å². The van der Waals surface area contributed by atoms with E-state index in [1.54, 1.807) is 11.1 Å². The predicted molar refractivity (Wildman–Crippen MR) is 112 cm³/mol. The number of hydrogen-bond acceptors (Lipinski definition) is 3. The van der Waals surface area contributed by atoms with E-state index < -0.39 is 17.8 Å². The van der Waals surface area contributed by atoms with Crippen molar-refractivity contribution >= 4 is 11.6 Å². The van der Waals surface area contributed by atoms with Gasteiger partial charge >= 0.3 is 6.18 Å². The number of para-hydroxylation sites is 1. The molecule has 1 amide bonds. The van der Waals surface area contributed by atoms with Crippen LogP contribution in [0.3, 0.4) is 0 Å². The van der Waals surface area contributed by atoms with Crippen LogP contribution in [0.25, 0.3) is 0 Å². The van der Waals surface area contributed by atoms with Crippen molar-refractivity contribution in [2.75, 3.05) is 11.9 Å². The van der Waals surface area contributed by atoms with Crippen LogP contribution in [-0.2, 0) is 11.0 Å². The highest BCUT2D eigenvalue weighted by Gasteiger charge is 2.36. The van der Waals surface area contributed by atoms with E-state index in [0.717, 1.165) is 30.7 Å². The van der Waals surface area contributed by atoms with Gasteiger partial charge in [0.15, 0.2) is 0 Å². The van der Waals surface area contributed by atoms with E-state index in [1.165, 1.54) is 12.1 Å². The molecule has 1 saturated heterocycles. The first kappa shape index (κ1) is 20.9. The molecule has 0 bridgehead atoms. The van der Waals surface area contributed by atoms with Crippen molar-refractivity contribution in [2.24, 2.45) is 0 Å². The molecule has 1 aliphatic rings. The lowest BCUT2D eigenvalue weighted by Crippen LogP contribution is -2.38. The normalized spacial score (nSPS) is 17.4. The van der Waals surface area contributed by atoms with Crippen LogP contribution in [0.15, 0.2) is 79.0 Å². The van der Waals surface area contributed by atoms with Crippen molar-refractivity contribution in [3.63, 3.8) is 0 Å². The molecule has 4 nitrogen and oxygen atoms in total. The largest absolute Gasteiger partial charge is 0.416 e. The zero-order chi connectivity index (χ0) is 21.8. The fourth-order valence-electron chi connectivity index (χ4n) is 3.93. The Hall–Kier alpha value is -3.35. The number of alkyl halides is 3. The maximum absolute atomic E-state index is 13.6.